The Labute approximate surface area is 68.3 Å². The second kappa shape index (κ2) is 2.65. The lowest BCUT2D eigenvalue weighted by Gasteiger charge is -2.00. The maximum Gasteiger partial charge on any atom is 0.314 e. The maximum absolute atomic E-state index is 10.4. The molecule has 6 nitrogen and oxygen atoms in total. The highest BCUT2D eigenvalue weighted by Crippen LogP contribution is 2.24. The fraction of sp³-hybridized carbons (Fsp3) is 0.167. The number of aromatic nitrogens is 1. The average Bonchev–Trinajstić information content (AvgIpc) is 1.82. The van der Waals surface area contributed by atoms with Crippen molar-refractivity contribution in [3.63, 3.8) is 0 Å². The number of hydrogen-bond acceptors (Lipinski definition) is 5. The minimum Gasteiger partial charge on any atom is -0.384 e. The van der Waals surface area contributed by atoms with Gasteiger partial charge in [-0.2, -0.15) is 0 Å². The number of nitro groups is 1. The van der Waals surface area contributed by atoms with Gasteiger partial charge in [0.1, 0.15) is 5.82 Å². The van der Waals surface area contributed by atoms with Gasteiger partial charge in [-0.25, -0.2) is 4.98 Å². The molecule has 0 saturated carbocycles. The Balaban J connectivity index is 3.38. The Bertz CT molecular complexity index is 313. The molecule has 0 saturated heterocycles. The molecule has 64 valence electrons. The van der Waals surface area contributed by atoms with Crippen LogP contribution in [0.15, 0.2) is 6.07 Å². The number of pyridine rings is 1. The van der Waals surface area contributed by atoms with Gasteiger partial charge in [0.15, 0.2) is 0 Å². The molecular formula is C6H8N4O2. The molecule has 0 unspecified atom stereocenters. The molecule has 1 aromatic heterocycles. The van der Waals surface area contributed by atoms with Crippen molar-refractivity contribution in [2.24, 2.45) is 0 Å². The Morgan fingerprint density at radius 3 is 2.58 bits per heavy atom. The molecule has 0 aliphatic carbocycles. The van der Waals surface area contributed by atoms with E-state index in [2.05, 4.69) is 4.98 Å². The van der Waals surface area contributed by atoms with Crippen LogP contribution in [0.3, 0.4) is 0 Å². The highest BCUT2D eigenvalue weighted by molar-refractivity contribution is 5.61. The van der Waals surface area contributed by atoms with E-state index in [0.29, 0.717) is 5.56 Å². The molecule has 0 atom stereocenters. The molecule has 1 aromatic rings. The summed E-state index contributed by atoms with van der Waals surface area (Å²) in [4.78, 5) is 13.4. The van der Waals surface area contributed by atoms with Crippen LogP contribution in [-0.4, -0.2) is 9.91 Å². The van der Waals surface area contributed by atoms with E-state index in [-0.39, 0.29) is 17.3 Å². The minimum atomic E-state index is -0.572. The summed E-state index contributed by atoms with van der Waals surface area (Å²) in [7, 11) is 0. The quantitative estimate of drug-likeness (QED) is 0.467. The summed E-state index contributed by atoms with van der Waals surface area (Å²) in [5.41, 5.74) is 10.8. The third kappa shape index (κ3) is 1.26. The zero-order chi connectivity index (χ0) is 9.30. The van der Waals surface area contributed by atoms with Crippen molar-refractivity contribution in [3.05, 3.63) is 21.7 Å². The van der Waals surface area contributed by atoms with Gasteiger partial charge in [-0.3, -0.25) is 10.1 Å². The van der Waals surface area contributed by atoms with Gasteiger partial charge >= 0.3 is 5.69 Å². The van der Waals surface area contributed by atoms with Crippen LogP contribution in [0.2, 0.25) is 0 Å². The first-order chi connectivity index (χ1) is 5.52. The Morgan fingerprint density at radius 1 is 1.58 bits per heavy atom. The van der Waals surface area contributed by atoms with E-state index in [4.69, 9.17) is 11.5 Å². The molecule has 0 amide bonds. The van der Waals surface area contributed by atoms with Crippen LogP contribution < -0.4 is 11.5 Å². The lowest BCUT2D eigenvalue weighted by atomic mass is 10.2. The minimum absolute atomic E-state index is 0.141. The number of aryl methyl sites for hydroxylation is 1. The molecular weight excluding hydrogens is 160 g/mol. The van der Waals surface area contributed by atoms with Crippen molar-refractivity contribution < 1.29 is 4.92 Å². The summed E-state index contributed by atoms with van der Waals surface area (Å²) in [5, 5.41) is 10.4. The molecule has 1 rings (SSSR count). The van der Waals surface area contributed by atoms with Crippen LogP contribution in [0.4, 0.5) is 17.3 Å². The summed E-state index contributed by atoms with van der Waals surface area (Å²) < 4.78 is 0. The van der Waals surface area contributed by atoms with Crippen LogP contribution in [0, 0.1) is 17.0 Å². The summed E-state index contributed by atoms with van der Waals surface area (Å²) in [6.07, 6.45) is 0. The molecule has 1 heterocycles. The normalized spacial score (nSPS) is 9.75. The lowest BCUT2D eigenvalue weighted by Crippen LogP contribution is -2.03. The van der Waals surface area contributed by atoms with Crippen molar-refractivity contribution in [3.8, 4) is 0 Å². The SMILES string of the molecule is Cc1cc(N)nc(N)c1[N+](=O)[O-]. The first kappa shape index (κ1) is 8.25. The molecule has 0 spiro atoms. The number of rotatable bonds is 1. The van der Waals surface area contributed by atoms with E-state index in [9.17, 15) is 10.1 Å². The fourth-order valence-electron chi connectivity index (χ4n) is 0.954. The average molecular weight is 168 g/mol. The monoisotopic (exact) mass is 168 g/mol. The molecule has 0 aliphatic heterocycles. The van der Waals surface area contributed by atoms with Crippen LogP contribution in [0.25, 0.3) is 0 Å². The van der Waals surface area contributed by atoms with E-state index in [1.807, 2.05) is 0 Å². The number of nitrogens with zero attached hydrogens (tertiary/aromatic N) is 2. The van der Waals surface area contributed by atoms with E-state index in [1.165, 1.54) is 6.07 Å². The molecule has 0 radical (unpaired) electrons. The number of nitrogen functional groups attached to an aromatic ring is 2. The smallest absolute Gasteiger partial charge is 0.314 e. The predicted molar refractivity (Wildman–Crippen MR) is 44.5 cm³/mol. The van der Waals surface area contributed by atoms with E-state index >= 15 is 0 Å². The standard InChI is InChI=1S/C6H8N4O2/c1-3-2-4(7)9-6(8)5(3)10(11)12/h2H,1H3,(H4,7,8,9). The van der Waals surface area contributed by atoms with E-state index in [0.717, 1.165) is 0 Å². The second-order valence-electron chi connectivity index (χ2n) is 2.35. The first-order valence-corrected chi connectivity index (χ1v) is 3.19. The van der Waals surface area contributed by atoms with E-state index < -0.39 is 4.92 Å². The van der Waals surface area contributed by atoms with Crippen molar-refractivity contribution >= 4 is 17.3 Å². The van der Waals surface area contributed by atoms with E-state index in [1.54, 1.807) is 6.92 Å². The largest absolute Gasteiger partial charge is 0.384 e. The topological polar surface area (TPSA) is 108 Å². The first-order valence-electron chi connectivity index (χ1n) is 3.19. The zero-order valence-electron chi connectivity index (χ0n) is 6.44. The van der Waals surface area contributed by atoms with Gasteiger partial charge in [0.05, 0.1) is 4.92 Å². The predicted octanol–water partition coefficient (Wildman–Crippen LogP) is 0.463. The zero-order valence-corrected chi connectivity index (χ0v) is 6.44. The summed E-state index contributed by atoms with van der Waals surface area (Å²) in [6, 6.07) is 1.41. The number of anilines is 2. The Morgan fingerprint density at radius 2 is 2.17 bits per heavy atom. The van der Waals surface area contributed by atoms with Gasteiger partial charge in [0.2, 0.25) is 5.82 Å². The van der Waals surface area contributed by atoms with Crippen molar-refractivity contribution in [1.29, 1.82) is 0 Å². The molecule has 0 aliphatic rings. The fourth-order valence-corrected chi connectivity index (χ4v) is 0.954. The molecule has 4 N–H and O–H groups in total. The van der Waals surface area contributed by atoms with Gasteiger partial charge in [-0.1, -0.05) is 0 Å². The van der Waals surface area contributed by atoms with Crippen molar-refractivity contribution in [2.75, 3.05) is 11.5 Å². The molecule has 6 heteroatoms. The summed E-state index contributed by atoms with van der Waals surface area (Å²) >= 11 is 0. The van der Waals surface area contributed by atoms with Crippen LogP contribution in [0.5, 0.6) is 0 Å². The molecule has 0 fully saturated rings. The summed E-state index contributed by atoms with van der Waals surface area (Å²) in [5.74, 6) is 0.0492. The van der Waals surface area contributed by atoms with Gasteiger partial charge in [0.25, 0.3) is 0 Å². The Kier molecular flexibility index (Phi) is 1.82. The maximum atomic E-state index is 10.4. The second-order valence-corrected chi connectivity index (χ2v) is 2.35. The van der Waals surface area contributed by atoms with Gasteiger partial charge in [-0.15, -0.1) is 0 Å². The van der Waals surface area contributed by atoms with Crippen LogP contribution in [0.1, 0.15) is 5.56 Å². The summed E-state index contributed by atoms with van der Waals surface area (Å²) in [6.45, 7) is 1.56. The van der Waals surface area contributed by atoms with Gasteiger partial charge in [-0.05, 0) is 13.0 Å². The van der Waals surface area contributed by atoms with Gasteiger partial charge < -0.3 is 11.5 Å². The van der Waals surface area contributed by atoms with Crippen LogP contribution in [-0.2, 0) is 0 Å². The lowest BCUT2D eigenvalue weighted by molar-refractivity contribution is -0.384. The third-order valence-corrected chi connectivity index (χ3v) is 1.41. The highest BCUT2D eigenvalue weighted by atomic mass is 16.6. The molecule has 0 aromatic carbocycles. The number of nitrogens with two attached hydrogens (primary N) is 2. The van der Waals surface area contributed by atoms with Crippen LogP contribution >= 0.6 is 0 Å². The Hall–Kier alpha value is -1.85. The molecule has 12 heavy (non-hydrogen) atoms. The molecule has 0 bridgehead atoms. The third-order valence-electron chi connectivity index (χ3n) is 1.41. The number of hydrogen-bond donors (Lipinski definition) is 2. The van der Waals surface area contributed by atoms with Crippen molar-refractivity contribution in [2.45, 2.75) is 6.92 Å². The highest BCUT2D eigenvalue weighted by Gasteiger charge is 2.16. The van der Waals surface area contributed by atoms with Crippen molar-refractivity contribution in [1.82, 2.24) is 4.98 Å². The van der Waals surface area contributed by atoms with Gasteiger partial charge in [0, 0.05) is 5.56 Å².